The molecule has 1 aromatic rings. The number of ether oxygens (including phenoxy) is 2. The minimum atomic E-state index is -3.13. The molecule has 0 N–H and O–H groups in total. The molecule has 1 amide bonds. The number of benzene rings is 1. The number of alkyl halides is 2. The fraction of sp³-hybridized carbons (Fsp3) is 0.667. The van der Waals surface area contributed by atoms with Gasteiger partial charge in [-0.2, -0.15) is 8.78 Å². The summed E-state index contributed by atoms with van der Waals surface area (Å²) >= 11 is 0. The molecule has 2 heterocycles. The minimum Gasteiger partial charge on any atom is -0.444 e. The lowest BCUT2D eigenvalue weighted by Gasteiger charge is -2.47. The quantitative estimate of drug-likeness (QED) is 0.492. The highest BCUT2D eigenvalue weighted by Crippen LogP contribution is 2.43. The van der Waals surface area contributed by atoms with E-state index in [2.05, 4.69) is 4.74 Å². The van der Waals surface area contributed by atoms with Crippen LogP contribution in [0.15, 0.2) is 18.2 Å². The summed E-state index contributed by atoms with van der Waals surface area (Å²) in [6.07, 6.45) is 3.30. The van der Waals surface area contributed by atoms with Gasteiger partial charge >= 0.3 is 18.4 Å². The van der Waals surface area contributed by atoms with Crippen LogP contribution in [0.5, 0.6) is 5.75 Å². The van der Waals surface area contributed by atoms with Crippen molar-refractivity contribution in [3.05, 3.63) is 28.3 Å². The summed E-state index contributed by atoms with van der Waals surface area (Å²) < 4.78 is 35.1. The molecular weight excluding hydrogens is 412 g/mol. The molecule has 3 rings (SSSR count). The summed E-state index contributed by atoms with van der Waals surface area (Å²) in [7, 11) is 0. The van der Waals surface area contributed by atoms with Crippen LogP contribution >= 0.6 is 0 Å². The molecule has 8 nitrogen and oxygen atoms in total. The second-order valence-corrected chi connectivity index (χ2v) is 9.24. The van der Waals surface area contributed by atoms with E-state index in [1.54, 1.807) is 11.0 Å². The number of amides is 1. The molecule has 0 aliphatic carbocycles. The number of carbonyl (C=O) groups excluding carboxylic acids is 1. The number of nitro groups is 1. The third-order valence-corrected chi connectivity index (χ3v) is 6.02. The zero-order valence-electron chi connectivity index (χ0n) is 18.1. The highest BCUT2D eigenvalue weighted by atomic mass is 19.3. The largest absolute Gasteiger partial charge is 0.444 e. The van der Waals surface area contributed by atoms with Crippen molar-refractivity contribution in [1.29, 1.82) is 0 Å². The van der Waals surface area contributed by atoms with Gasteiger partial charge in [-0.1, -0.05) is 0 Å². The normalized spacial score (nSPS) is 18.9. The van der Waals surface area contributed by atoms with Crippen LogP contribution in [0.25, 0.3) is 0 Å². The second-order valence-electron chi connectivity index (χ2n) is 9.24. The molecule has 0 radical (unpaired) electrons. The Bertz CT molecular complexity index is 810. The molecule has 0 unspecified atom stereocenters. The third-order valence-electron chi connectivity index (χ3n) is 6.02. The van der Waals surface area contributed by atoms with E-state index in [9.17, 15) is 23.7 Å². The lowest BCUT2D eigenvalue weighted by Crippen LogP contribution is -2.49. The zero-order chi connectivity index (χ0) is 22.8. The van der Waals surface area contributed by atoms with Crippen LogP contribution in [0.2, 0.25) is 0 Å². The predicted octanol–water partition coefficient (Wildman–Crippen LogP) is 4.81. The number of halogens is 2. The van der Waals surface area contributed by atoms with Crippen molar-refractivity contribution in [3.63, 3.8) is 0 Å². The highest BCUT2D eigenvalue weighted by molar-refractivity contribution is 5.68. The first-order valence-electron chi connectivity index (χ1n) is 10.4. The van der Waals surface area contributed by atoms with E-state index in [1.807, 2.05) is 25.7 Å². The first kappa shape index (κ1) is 23.0. The van der Waals surface area contributed by atoms with Crippen LogP contribution in [-0.4, -0.2) is 54.3 Å². The van der Waals surface area contributed by atoms with Gasteiger partial charge in [-0.05, 0) is 57.9 Å². The number of nitrogens with zero attached hydrogens (tertiary/aromatic N) is 3. The van der Waals surface area contributed by atoms with E-state index >= 15 is 0 Å². The minimum absolute atomic E-state index is 0.137. The Labute approximate surface area is 180 Å². The monoisotopic (exact) mass is 441 g/mol. The number of anilines is 1. The molecule has 0 bridgehead atoms. The molecule has 0 aromatic heterocycles. The average molecular weight is 441 g/mol. The summed E-state index contributed by atoms with van der Waals surface area (Å²) in [4.78, 5) is 26.4. The van der Waals surface area contributed by atoms with Crippen molar-refractivity contribution in [2.24, 2.45) is 5.41 Å². The summed E-state index contributed by atoms with van der Waals surface area (Å²) in [5.41, 5.74) is -0.234. The number of carbonyl (C=O) groups is 1. The van der Waals surface area contributed by atoms with Gasteiger partial charge in [-0.3, -0.25) is 10.1 Å². The van der Waals surface area contributed by atoms with E-state index in [1.165, 1.54) is 12.1 Å². The maximum atomic E-state index is 12.7. The number of piperidine rings is 2. The first-order valence-corrected chi connectivity index (χ1v) is 10.4. The summed E-state index contributed by atoms with van der Waals surface area (Å²) in [5, 5.41) is 11.1. The van der Waals surface area contributed by atoms with Gasteiger partial charge in [0.05, 0.1) is 4.92 Å². The molecular formula is C21H29F2N3O5. The van der Waals surface area contributed by atoms with Crippen LogP contribution < -0.4 is 9.64 Å². The van der Waals surface area contributed by atoms with Crippen molar-refractivity contribution in [2.45, 2.75) is 58.7 Å². The van der Waals surface area contributed by atoms with Crippen LogP contribution in [0.1, 0.15) is 46.5 Å². The van der Waals surface area contributed by atoms with Gasteiger partial charge in [0.15, 0.2) is 0 Å². The summed E-state index contributed by atoms with van der Waals surface area (Å²) in [5.74, 6) is -0.427. The van der Waals surface area contributed by atoms with E-state index in [0.717, 1.165) is 25.7 Å². The number of hydrogen-bond donors (Lipinski definition) is 0. The average Bonchev–Trinajstić information content (AvgIpc) is 2.67. The molecule has 1 aromatic carbocycles. The Morgan fingerprint density at radius 1 is 1.13 bits per heavy atom. The lowest BCUT2D eigenvalue weighted by molar-refractivity contribution is -0.386. The van der Waals surface area contributed by atoms with Crippen LogP contribution in [-0.2, 0) is 4.74 Å². The van der Waals surface area contributed by atoms with Crippen molar-refractivity contribution >= 4 is 17.5 Å². The van der Waals surface area contributed by atoms with E-state index in [0.29, 0.717) is 31.9 Å². The van der Waals surface area contributed by atoms with Crippen molar-refractivity contribution < 1.29 is 28.0 Å². The van der Waals surface area contributed by atoms with Crippen LogP contribution in [0.4, 0.5) is 25.0 Å². The SMILES string of the molecule is CC(C)(C)OC(=O)N1CCC2(CC1)CCN(c1ccc([N+](=O)[O-])c(OC(F)F)c1)CC2. The van der Waals surface area contributed by atoms with Gasteiger partial charge in [0.25, 0.3) is 0 Å². The molecule has 0 saturated carbocycles. The predicted molar refractivity (Wildman–Crippen MR) is 111 cm³/mol. The smallest absolute Gasteiger partial charge is 0.410 e. The molecule has 2 aliphatic rings. The molecule has 31 heavy (non-hydrogen) atoms. The van der Waals surface area contributed by atoms with Crippen LogP contribution in [0.3, 0.4) is 0 Å². The second kappa shape index (κ2) is 8.84. The standard InChI is InChI=1S/C21H29F2N3O5/c1-20(2,3)31-19(27)25-12-8-21(9-13-25)6-10-24(11-7-21)15-4-5-16(26(28)29)17(14-15)30-18(22)23/h4-5,14,18H,6-13H2,1-3H3. The van der Waals surface area contributed by atoms with Gasteiger partial charge in [0.1, 0.15) is 5.60 Å². The Morgan fingerprint density at radius 3 is 2.23 bits per heavy atom. The maximum absolute atomic E-state index is 12.7. The van der Waals surface area contributed by atoms with Gasteiger partial charge in [-0.25, -0.2) is 4.79 Å². The van der Waals surface area contributed by atoms with Gasteiger partial charge < -0.3 is 19.3 Å². The fourth-order valence-corrected chi connectivity index (χ4v) is 4.27. The Morgan fingerprint density at radius 2 is 1.71 bits per heavy atom. The molecule has 1 spiro atoms. The molecule has 0 atom stereocenters. The number of hydrogen-bond acceptors (Lipinski definition) is 6. The Hall–Kier alpha value is -2.65. The molecule has 10 heteroatoms. The molecule has 2 saturated heterocycles. The van der Waals surface area contributed by atoms with Crippen LogP contribution in [0, 0.1) is 15.5 Å². The van der Waals surface area contributed by atoms with E-state index < -0.39 is 28.6 Å². The Kier molecular flexibility index (Phi) is 6.56. The molecule has 172 valence electrons. The van der Waals surface area contributed by atoms with E-state index in [4.69, 9.17) is 4.74 Å². The van der Waals surface area contributed by atoms with Crippen molar-refractivity contribution in [3.8, 4) is 5.75 Å². The van der Waals surface area contributed by atoms with E-state index in [-0.39, 0.29) is 11.5 Å². The zero-order valence-corrected chi connectivity index (χ0v) is 18.1. The third kappa shape index (κ3) is 5.74. The summed E-state index contributed by atoms with van der Waals surface area (Å²) in [6, 6.07) is 4.09. The maximum Gasteiger partial charge on any atom is 0.410 e. The van der Waals surface area contributed by atoms with Crippen molar-refractivity contribution in [2.75, 3.05) is 31.1 Å². The molecule has 2 aliphatic heterocycles. The number of nitro benzene ring substituents is 1. The molecule has 2 fully saturated rings. The fourth-order valence-electron chi connectivity index (χ4n) is 4.27. The topological polar surface area (TPSA) is 85.2 Å². The van der Waals surface area contributed by atoms with Gasteiger partial charge in [-0.15, -0.1) is 0 Å². The van der Waals surface area contributed by atoms with Crippen molar-refractivity contribution in [1.82, 2.24) is 4.90 Å². The highest BCUT2D eigenvalue weighted by Gasteiger charge is 2.39. The lowest BCUT2D eigenvalue weighted by atomic mass is 9.71. The number of likely N-dealkylation sites (tertiary alicyclic amines) is 1. The van der Waals surface area contributed by atoms with Gasteiger partial charge in [0, 0.05) is 44.0 Å². The Balaban J connectivity index is 1.60. The van der Waals surface area contributed by atoms with Gasteiger partial charge in [0.2, 0.25) is 5.75 Å². The summed E-state index contributed by atoms with van der Waals surface area (Å²) in [6.45, 7) is 5.13. The number of rotatable bonds is 4. The first-order chi connectivity index (χ1) is 14.5.